The lowest BCUT2D eigenvalue weighted by molar-refractivity contribution is -0.0662. The number of nitrogens with zero attached hydrogens (tertiary/aromatic N) is 3. The maximum atomic E-state index is 12.7. The minimum Gasteiger partial charge on any atom is -0.493 e. The first-order valence-corrected chi connectivity index (χ1v) is 10.8. The predicted molar refractivity (Wildman–Crippen MR) is 116 cm³/mol. The number of oxazole rings is 1. The summed E-state index contributed by atoms with van der Waals surface area (Å²) in [6.07, 6.45) is 0.840. The number of nitrogens with one attached hydrogen (secondary N) is 1. The fourth-order valence-corrected chi connectivity index (χ4v) is 4.37. The number of hydrogen-bond donors (Lipinski definition) is 1. The second-order valence-corrected chi connectivity index (χ2v) is 8.27. The number of benzene rings is 2. The molecule has 2 aromatic carbocycles. The molecule has 3 aliphatic heterocycles. The summed E-state index contributed by atoms with van der Waals surface area (Å²) in [5, 5.41) is 2.97. The van der Waals surface area contributed by atoms with E-state index in [-0.39, 0.29) is 5.91 Å². The minimum absolute atomic E-state index is 0.145. The van der Waals surface area contributed by atoms with Crippen molar-refractivity contribution in [3.8, 4) is 5.75 Å². The molecule has 0 unspecified atom stereocenters. The molecule has 3 aliphatic rings. The average molecular weight is 420 g/mol. The molecule has 31 heavy (non-hydrogen) atoms. The second-order valence-electron chi connectivity index (χ2n) is 8.27. The van der Waals surface area contributed by atoms with E-state index >= 15 is 0 Å². The number of piperazine rings is 1. The van der Waals surface area contributed by atoms with Crippen LogP contribution in [0.15, 0.2) is 40.8 Å². The molecule has 0 atom stereocenters. The first-order valence-electron chi connectivity index (χ1n) is 10.8. The van der Waals surface area contributed by atoms with Gasteiger partial charge in [-0.3, -0.25) is 9.69 Å². The summed E-state index contributed by atoms with van der Waals surface area (Å²) in [4.78, 5) is 22.0. The van der Waals surface area contributed by atoms with Gasteiger partial charge in [0.15, 0.2) is 5.58 Å². The van der Waals surface area contributed by atoms with Gasteiger partial charge in [-0.25, -0.2) is 0 Å². The molecule has 0 bridgehead atoms. The molecule has 160 valence electrons. The van der Waals surface area contributed by atoms with Crippen molar-refractivity contribution in [1.29, 1.82) is 0 Å². The number of carbonyl (C=O) groups is 1. The van der Waals surface area contributed by atoms with Gasteiger partial charge in [0.1, 0.15) is 11.3 Å². The van der Waals surface area contributed by atoms with Crippen molar-refractivity contribution in [1.82, 2.24) is 9.88 Å². The maximum absolute atomic E-state index is 12.7. The normalized spacial score (nSPS) is 19.2. The fourth-order valence-electron chi connectivity index (χ4n) is 4.37. The largest absolute Gasteiger partial charge is 0.493 e. The minimum atomic E-state index is -0.145. The molecule has 0 aliphatic carbocycles. The van der Waals surface area contributed by atoms with Crippen LogP contribution in [0.25, 0.3) is 11.1 Å². The van der Waals surface area contributed by atoms with Crippen LogP contribution >= 0.6 is 0 Å². The van der Waals surface area contributed by atoms with E-state index in [4.69, 9.17) is 13.9 Å². The van der Waals surface area contributed by atoms with Crippen LogP contribution in [0, 0.1) is 0 Å². The van der Waals surface area contributed by atoms with Crippen molar-refractivity contribution in [2.24, 2.45) is 0 Å². The van der Waals surface area contributed by atoms with Crippen LogP contribution in [0.4, 0.5) is 11.7 Å². The molecular formula is C23H24N4O4. The molecule has 0 radical (unpaired) electrons. The van der Waals surface area contributed by atoms with E-state index in [0.717, 1.165) is 68.2 Å². The van der Waals surface area contributed by atoms with Gasteiger partial charge in [0.2, 0.25) is 0 Å². The van der Waals surface area contributed by atoms with E-state index in [1.807, 2.05) is 30.3 Å². The zero-order valence-electron chi connectivity index (χ0n) is 17.2. The number of carbonyl (C=O) groups excluding carboxylic acids is 1. The molecule has 8 nitrogen and oxygen atoms in total. The van der Waals surface area contributed by atoms with Crippen molar-refractivity contribution in [2.45, 2.75) is 12.5 Å². The predicted octanol–water partition coefficient (Wildman–Crippen LogP) is 2.54. The number of amides is 1. The Hall–Kier alpha value is -3.10. The molecule has 1 amide bonds. The summed E-state index contributed by atoms with van der Waals surface area (Å²) in [5.74, 6) is 0.726. The highest BCUT2D eigenvalue weighted by atomic mass is 16.5. The third kappa shape index (κ3) is 3.51. The summed E-state index contributed by atoms with van der Waals surface area (Å²) in [6.45, 7) is 6.10. The first-order chi connectivity index (χ1) is 15.2. The van der Waals surface area contributed by atoms with E-state index in [0.29, 0.717) is 29.9 Å². The smallest absolute Gasteiger partial charge is 0.298 e. The second kappa shape index (κ2) is 7.55. The monoisotopic (exact) mass is 420 g/mol. The summed E-state index contributed by atoms with van der Waals surface area (Å²) in [7, 11) is 0. The highest BCUT2D eigenvalue weighted by molar-refractivity contribution is 6.05. The van der Waals surface area contributed by atoms with Crippen LogP contribution in [0.1, 0.15) is 15.9 Å². The van der Waals surface area contributed by atoms with Crippen LogP contribution in [0.3, 0.4) is 0 Å². The van der Waals surface area contributed by atoms with Crippen LogP contribution in [-0.4, -0.2) is 67.8 Å². The van der Waals surface area contributed by atoms with Gasteiger partial charge in [0, 0.05) is 43.9 Å². The van der Waals surface area contributed by atoms with Gasteiger partial charge in [0.05, 0.1) is 25.9 Å². The molecule has 0 saturated carbocycles. The molecule has 4 heterocycles. The van der Waals surface area contributed by atoms with Gasteiger partial charge in [-0.1, -0.05) is 0 Å². The van der Waals surface area contributed by atoms with Gasteiger partial charge in [-0.05, 0) is 42.0 Å². The zero-order chi connectivity index (χ0) is 20.8. The third-order valence-corrected chi connectivity index (χ3v) is 6.31. The number of aromatic nitrogens is 1. The van der Waals surface area contributed by atoms with Crippen LogP contribution < -0.4 is 15.0 Å². The van der Waals surface area contributed by atoms with Gasteiger partial charge in [-0.15, -0.1) is 0 Å². The SMILES string of the molecule is O=C(Nc1ccc2oc(N3CCN(C4COC4)CC3)nc2c1)c1ccc2c(c1)CCO2. The number of anilines is 2. The molecule has 1 aromatic heterocycles. The third-order valence-electron chi connectivity index (χ3n) is 6.31. The molecule has 2 fully saturated rings. The zero-order valence-corrected chi connectivity index (χ0v) is 17.2. The molecular weight excluding hydrogens is 396 g/mol. The highest BCUT2D eigenvalue weighted by Crippen LogP contribution is 2.28. The lowest BCUT2D eigenvalue weighted by Crippen LogP contribution is -2.56. The quantitative estimate of drug-likeness (QED) is 0.695. The Balaban J connectivity index is 1.15. The van der Waals surface area contributed by atoms with Crippen molar-refractivity contribution in [3.63, 3.8) is 0 Å². The number of ether oxygens (including phenoxy) is 2. The van der Waals surface area contributed by atoms with Crippen molar-refractivity contribution >= 4 is 28.7 Å². The molecule has 0 spiro atoms. The van der Waals surface area contributed by atoms with E-state index in [1.54, 1.807) is 6.07 Å². The molecule has 2 saturated heterocycles. The van der Waals surface area contributed by atoms with Crippen molar-refractivity contribution in [3.05, 3.63) is 47.5 Å². The average Bonchev–Trinajstić information content (AvgIpc) is 3.39. The Morgan fingerprint density at radius 1 is 1.06 bits per heavy atom. The standard InChI is InChI=1S/C23H24N4O4/c28-22(16-1-3-20-15(11-16)5-10-30-20)24-17-2-4-21-19(12-17)25-23(31-21)27-8-6-26(7-9-27)18-13-29-14-18/h1-4,11-12,18H,5-10,13-14H2,(H,24,28). The Bertz CT molecular complexity index is 1130. The van der Waals surface area contributed by atoms with Crippen LogP contribution in [-0.2, 0) is 11.2 Å². The van der Waals surface area contributed by atoms with Gasteiger partial charge < -0.3 is 24.1 Å². The maximum Gasteiger partial charge on any atom is 0.298 e. The van der Waals surface area contributed by atoms with Crippen molar-refractivity contribution in [2.75, 3.05) is 56.2 Å². The Morgan fingerprint density at radius 2 is 1.94 bits per heavy atom. The lowest BCUT2D eigenvalue weighted by Gasteiger charge is -2.42. The highest BCUT2D eigenvalue weighted by Gasteiger charge is 2.30. The fraction of sp³-hybridized carbons (Fsp3) is 0.391. The lowest BCUT2D eigenvalue weighted by atomic mass is 10.1. The van der Waals surface area contributed by atoms with Crippen LogP contribution in [0.5, 0.6) is 5.75 Å². The number of rotatable bonds is 4. The van der Waals surface area contributed by atoms with E-state index in [9.17, 15) is 4.79 Å². The molecule has 8 heteroatoms. The summed E-state index contributed by atoms with van der Waals surface area (Å²) in [6, 6.07) is 12.3. The Kier molecular flexibility index (Phi) is 4.54. The van der Waals surface area contributed by atoms with Gasteiger partial charge >= 0.3 is 0 Å². The van der Waals surface area contributed by atoms with E-state index < -0.39 is 0 Å². The number of fused-ring (bicyclic) bond motifs is 2. The molecule has 3 aromatic rings. The Labute approximate surface area is 179 Å². The topological polar surface area (TPSA) is 80.1 Å². The molecule has 6 rings (SSSR count). The Morgan fingerprint density at radius 3 is 2.74 bits per heavy atom. The van der Waals surface area contributed by atoms with Crippen LogP contribution in [0.2, 0.25) is 0 Å². The first kappa shape index (κ1) is 18.7. The number of hydrogen-bond acceptors (Lipinski definition) is 7. The molecule has 1 N–H and O–H groups in total. The van der Waals surface area contributed by atoms with Crippen molar-refractivity contribution < 1.29 is 18.7 Å². The summed E-state index contributed by atoms with van der Waals surface area (Å²) in [5.41, 5.74) is 3.86. The van der Waals surface area contributed by atoms with Gasteiger partial charge in [-0.2, -0.15) is 4.98 Å². The summed E-state index contributed by atoms with van der Waals surface area (Å²) < 4.78 is 16.8. The van der Waals surface area contributed by atoms with E-state index in [1.165, 1.54) is 0 Å². The van der Waals surface area contributed by atoms with E-state index in [2.05, 4.69) is 20.1 Å². The summed E-state index contributed by atoms with van der Waals surface area (Å²) >= 11 is 0. The van der Waals surface area contributed by atoms with Gasteiger partial charge in [0.25, 0.3) is 11.9 Å².